The lowest BCUT2D eigenvalue weighted by Gasteiger charge is -2.52. The summed E-state index contributed by atoms with van der Waals surface area (Å²) in [6.45, 7) is 12.2. The largest absolute Gasteiger partial charge is 0.380 e. The number of rotatable bonds is 7. The van der Waals surface area contributed by atoms with Crippen LogP contribution in [0.15, 0.2) is 0 Å². The van der Waals surface area contributed by atoms with Gasteiger partial charge >= 0.3 is 0 Å². The van der Waals surface area contributed by atoms with Gasteiger partial charge < -0.3 is 10.1 Å². The summed E-state index contributed by atoms with van der Waals surface area (Å²) in [6.07, 6.45) is 9.15. The van der Waals surface area contributed by atoms with E-state index in [1.54, 1.807) is 0 Å². The van der Waals surface area contributed by atoms with Gasteiger partial charge in [-0.25, -0.2) is 0 Å². The van der Waals surface area contributed by atoms with Crippen molar-refractivity contribution in [2.75, 3.05) is 32.8 Å². The first kappa shape index (κ1) is 16.3. The van der Waals surface area contributed by atoms with Crippen LogP contribution in [0.2, 0.25) is 0 Å². The van der Waals surface area contributed by atoms with Crippen LogP contribution in [0.4, 0.5) is 0 Å². The minimum absolute atomic E-state index is 0.307. The molecule has 0 amide bonds. The van der Waals surface area contributed by atoms with Gasteiger partial charge in [-0.3, -0.25) is 4.90 Å². The second kappa shape index (κ2) is 7.24. The molecule has 1 saturated carbocycles. The van der Waals surface area contributed by atoms with Crippen molar-refractivity contribution in [3.8, 4) is 0 Å². The van der Waals surface area contributed by atoms with Gasteiger partial charge in [-0.15, -0.1) is 0 Å². The summed E-state index contributed by atoms with van der Waals surface area (Å²) in [5, 5.41) is 3.89. The fourth-order valence-corrected chi connectivity index (χ4v) is 3.71. The first-order valence-corrected chi connectivity index (χ1v) is 8.72. The zero-order valence-electron chi connectivity index (χ0n) is 13.8. The van der Waals surface area contributed by atoms with Crippen molar-refractivity contribution < 1.29 is 4.74 Å². The lowest BCUT2D eigenvalue weighted by molar-refractivity contribution is -0.00804. The molecule has 1 atom stereocenters. The van der Waals surface area contributed by atoms with Gasteiger partial charge in [0, 0.05) is 37.3 Å². The zero-order valence-corrected chi connectivity index (χ0v) is 13.8. The Morgan fingerprint density at radius 3 is 2.55 bits per heavy atom. The number of unbranched alkanes of at least 4 members (excludes halogenated alkanes) is 1. The molecule has 2 fully saturated rings. The molecule has 0 aromatic carbocycles. The van der Waals surface area contributed by atoms with Crippen LogP contribution in [-0.2, 0) is 4.74 Å². The standard InChI is InChI=1S/C17H34N2O/c1-4-6-12-20-13-11-19-15-17(9-7-8-10-17)18-14-16(19,3)5-2/h18H,4-15H2,1-3H3. The second-order valence-corrected chi connectivity index (χ2v) is 7.08. The highest BCUT2D eigenvalue weighted by Crippen LogP contribution is 2.36. The average Bonchev–Trinajstić information content (AvgIpc) is 2.91. The van der Waals surface area contributed by atoms with E-state index in [-0.39, 0.29) is 0 Å². The van der Waals surface area contributed by atoms with E-state index < -0.39 is 0 Å². The molecule has 1 unspecified atom stereocenters. The van der Waals surface area contributed by atoms with Crippen LogP contribution >= 0.6 is 0 Å². The monoisotopic (exact) mass is 282 g/mol. The molecule has 1 aliphatic carbocycles. The van der Waals surface area contributed by atoms with Crippen molar-refractivity contribution in [1.82, 2.24) is 10.2 Å². The fraction of sp³-hybridized carbons (Fsp3) is 1.00. The Labute approximate surface area is 125 Å². The lowest BCUT2D eigenvalue weighted by atomic mass is 9.85. The number of hydrogen-bond acceptors (Lipinski definition) is 3. The number of piperazine rings is 1. The lowest BCUT2D eigenvalue weighted by Crippen LogP contribution is -2.68. The third-order valence-electron chi connectivity index (χ3n) is 5.57. The molecule has 3 nitrogen and oxygen atoms in total. The molecule has 3 heteroatoms. The summed E-state index contributed by atoms with van der Waals surface area (Å²) in [5.74, 6) is 0. The Balaban J connectivity index is 1.86. The van der Waals surface area contributed by atoms with E-state index in [0.29, 0.717) is 11.1 Å². The van der Waals surface area contributed by atoms with E-state index >= 15 is 0 Å². The molecule has 1 aliphatic heterocycles. The van der Waals surface area contributed by atoms with E-state index in [0.717, 1.165) is 26.3 Å². The zero-order chi connectivity index (χ0) is 14.5. The van der Waals surface area contributed by atoms with Gasteiger partial charge in [-0.05, 0) is 32.6 Å². The van der Waals surface area contributed by atoms with Gasteiger partial charge in [0.1, 0.15) is 0 Å². The Morgan fingerprint density at radius 2 is 1.90 bits per heavy atom. The first-order valence-electron chi connectivity index (χ1n) is 8.72. The minimum atomic E-state index is 0.307. The van der Waals surface area contributed by atoms with Gasteiger partial charge in [0.15, 0.2) is 0 Å². The molecule has 1 spiro atoms. The summed E-state index contributed by atoms with van der Waals surface area (Å²) in [4.78, 5) is 2.71. The highest BCUT2D eigenvalue weighted by molar-refractivity contribution is 5.05. The van der Waals surface area contributed by atoms with Crippen molar-refractivity contribution in [2.45, 2.75) is 76.8 Å². The maximum Gasteiger partial charge on any atom is 0.0593 e. The summed E-state index contributed by atoms with van der Waals surface area (Å²) in [6, 6.07) is 0. The molecule has 118 valence electrons. The van der Waals surface area contributed by atoms with Crippen molar-refractivity contribution in [3.05, 3.63) is 0 Å². The maximum atomic E-state index is 5.80. The van der Waals surface area contributed by atoms with E-state index in [1.807, 2.05) is 0 Å². The van der Waals surface area contributed by atoms with Crippen LogP contribution < -0.4 is 5.32 Å². The molecule has 0 bridgehead atoms. The number of ether oxygens (including phenoxy) is 1. The van der Waals surface area contributed by atoms with Crippen molar-refractivity contribution in [1.29, 1.82) is 0 Å². The highest BCUT2D eigenvalue weighted by Gasteiger charge is 2.45. The van der Waals surface area contributed by atoms with E-state index in [2.05, 4.69) is 31.0 Å². The number of nitrogens with one attached hydrogen (secondary N) is 1. The Morgan fingerprint density at radius 1 is 1.15 bits per heavy atom. The predicted octanol–water partition coefficient (Wildman–Crippen LogP) is 3.19. The molecule has 1 N–H and O–H groups in total. The van der Waals surface area contributed by atoms with Crippen LogP contribution in [0.5, 0.6) is 0 Å². The van der Waals surface area contributed by atoms with Crippen LogP contribution in [-0.4, -0.2) is 48.8 Å². The van der Waals surface area contributed by atoms with Gasteiger partial charge in [0.05, 0.1) is 6.61 Å². The Kier molecular flexibility index (Phi) is 5.88. The van der Waals surface area contributed by atoms with Crippen LogP contribution in [0, 0.1) is 0 Å². The topological polar surface area (TPSA) is 24.5 Å². The third kappa shape index (κ3) is 3.75. The van der Waals surface area contributed by atoms with Gasteiger partial charge in [-0.2, -0.15) is 0 Å². The number of hydrogen-bond donors (Lipinski definition) is 1. The highest BCUT2D eigenvalue weighted by atomic mass is 16.5. The minimum Gasteiger partial charge on any atom is -0.380 e. The van der Waals surface area contributed by atoms with Gasteiger partial charge in [0.2, 0.25) is 0 Å². The third-order valence-corrected chi connectivity index (χ3v) is 5.57. The normalized spacial score (nSPS) is 30.1. The number of nitrogens with zero attached hydrogens (tertiary/aromatic N) is 1. The molecule has 1 saturated heterocycles. The smallest absolute Gasteiger partial charge is 0.0593 e. The van der Waals surface area contributed by atoms with Crippen molar-refractivity contribution in [3.63, 3.8) is 0 Å². The van der Waals surface area contributed by atoms with Crippen LogP contribution in [0.1, 0.15) is 65.7 Å². The molecule has 0 aromatic rings. The molecular formula is C17H34N2O. The fourth-order valence-electron chi connectivity index (χ4n) is 3.71. The molecule has 20 heavy (non-hydrogen) atoms. The van der Waals surface area contributed by atoms with E-state index in [9.17, 15) is 0 Å². The van der Waals surface area contributed by atoms with Crippen LogP contribution in [0.25, 0.3) is 0 Å². The maximum absolute atomic E-state index is 5.80. The first-order chi connectivity index (χ1) is 9.64. The Hall–Kier alpha value is -0.120. The van der Waals surface area contributed by atoms with Gasteiger partial charge in [-0.1, -0.05) is 33.1 Å². The Bertz CT molecular complexity index is 289. The quantitative estimate of drug-likeness (QED) is 0.726. The summed E-state index contributed by atoms with van der Waals surface area (Å²) in [5.41, 5.74) is 0.722. The SMILES string of the molecule is CCCCOCCN1CC2(CCCC2)NCC1(C)CC. The molecule has 0 aromatic heterocycles. The van der Waals surface area contributed by atoms with Gasteiger partial charge in [0.25, 0.3) is 0 Å². The molecule has 0 radical (unpaired) electrons. The van der Waals surface area contributed by atoms with Crippen molar-refractivity contribution >= 4 is 0 Å². The van der Waals surface area contributed by atoms with E-state index in [4.69, 9.17) is 4.74 Å². The molecular weight excluding hydrogens is 248 g/mol. The second-order valence-electron chi connectivity index (χ2n) is 7.08. The van der Waals surface area contributed by atoms with Crippen LogP contribution in [0.3, 0.4) is 0 Å². The average molecular weight is 282 g/mol. The predicted molar refractivity (Wildman–Crippen MR) is 85.2 cm³/mol. The molecule has 1 heterocycles. The molecule has 2 rings (SSSR count). The van der Waals surface area contributed by atoms with Crippen molar-refractivity contribution in [2.24, 2.45) is 0 Å². The summed E-state index contributed by atoms with van der Waals surface area (Å²) >= 11 is 0. The summed E-state index contributed by atoms with van der Waals surface area (Å²) in [7, 11) is 0. The summed E-state index contributed by atoms with van der Waals surface area (Å²) < 4.78 is 5.80. The molecule has 2 aliphatic rings. The van der Waals surface area contributed by atoms with E-state index in [1.165, 1.54) is 51.5 Å².